The maximum Gasteiger partial charge on any atom is 0.306 e. The lowest BCUT2D eigenvalue weighted by molar-refractivity contribution is -0.150. The number of allylic oxidation sites excluding steroid dienone is 7. The van der Waals surface area contributed by atoms with Crippen LogP contribution in [-0.4, -0.2) is 23.5 Å². The summed E-state index contributed by atoms with van der Waals surface area (Å²) in [6.45, 7) is 10.8. The van der Waals surface area contributed by atoms with Gasteiger partial charge in [0.25, 0.3) is 0 Å². The molecule has 35 heavy (non-hydrogen) atoms. The van der Waals surface area contributed by atoms with E-state index in [-0.39, 0.29) is 41.5 Å². The van der Waals surface area contributed by atoms with Crippen molar-refractivity contribution in [3.8, 4) is 0 Å². The van der Waals surface area contributed by atoms with Crippen molar-refractivity contribution in [3.63, 3.8) is 0 Å². The lowest BCUT2D eigenvalue weighted by atomic mass is 9.52. The first kappa shape index (κ1) is 26.0. The Hall–Kier alpha value is -2.10. The molecule has 0 amide bonds. The number of esters is 1. The molecule has 4 nitrogen and oxygen atoms in total. The molecule has 192 valence electrons. The first-order valence-electron chi connectivity index (χ1n) is 13.9. The van der Waals surface area contributed by atoms with Gasteiger partial charge in [0.2, 0.25) is 0 Å². The highest BCUT2D eigenvalue weighted by Crippen LogP contribution is 2.64. The third-order valence-electron chi connectivity index (χ3n) is 9.89. The molecule has 0 aliphatic heterocycles. The van der Waals surface area contributed by atoms with Crippen molar-refractivity contribution >= 4 is 11.8 Å². The molecule has 4 aliphatic carbocycles. The first-order chi connectivity index (χ1) is 16.7. The van der Waals surface area contributed by atoms with Crippen molar-refractivity contribution < 1.29 is 19.4 Å². The number of hydrogen-bond donors (Lipinski definition) is 1. The molecule has 4 heteroatoms. The van der Waals surface area contributed by atoms with Crippen LogP contribution >= 0.6 is 0 Å². The Morgan fingerprint density at radius 2 is 1.94 bits per heavy atom. The van der Waals surface area contributed by atoms with Gasteiger partial charge in [0.1, 0.15) is 6.61 Å². The van der Waals surface area contributed by atoms with Crippen molar-refractivity contribution in [1.82, 2.24) is 0 Å². The summed E-state index contributed by atoms with van der Waals surface area (Å²) < 4.78 is 5.38. The molecule has 0 aromatic heterocycles. The molecule has 3 fully saturated rings. The maximum absolute atomic E-state index is 13.3. The second kappa shape index (κ2) is 10.5. The summed E-state index contributed by atoms with van der Waals surface area (Å²) in [6.07, 6.45) is 17.5. The molecule has 0 aromatic rings. The van der Waals surface area contributed by atoms with Crippen LogP contribution in [0, 0.1) is 28.6 Å². The third kappa shape index (κ3) is 4.82. The second-order valence-corrected chi connectivity index (χ2v) is 11.8. The van der Waals surface area contributed by atoms with Gasteiger partial charge in [-0.3, -0.25) is 9.59 Å². The fourth-order valence-corrected chi connectivity index (χ4v) is 7.79. The summed E-state index contributed by atoms with van der Waals surface area (Å²) in [5.74, 6) is 1.02. The van der Waals surface area contributed by atoms with Crippen LogP contribution < -0.4 is 0 Å². The average molecular weight is 481 g/mol. The van der Waals surface area contributed by atoms with Gasteiger partial charge in [0, 0.05) is 17.8 Å². The number of hydrogen-bond acceptors (Lipinski definition) is 4. The van der Waals surface area contributed by atoms with E-state index < -0.39 is 0 Å². The zero-order valence-electron chi connectivity index (χ0n) is 22.0. The van der Waals surface area contributed by atoms with E-state index in [1.165, 1.54) is 5.57 Å². The van der Waals surface area contributed by atoms with Crippen molar-refractivity contribution in [3.05, 3.63) is 47.3 Å². The number of aliphatic hydroxyl groups is 1. The highest BCUT2D eigenvalue weighted by Gasteiger charge is 2.56. The van der Waals surface area contributed by atoms with Crippen molar-refractivity contribution in [2.45, 2.75) is 97.8 Å². The van der Waals surface area contributed by atoms with Gasteiger partial charge >= 0.3 is 5.97 Å². The fourth-order valence-electron chi connectivity index (χ4n) is 7.79. The van der Waals surface area contributed by atoms with Gasteiger partial charge in [0.05, 0.1) is 12.2 Å². The first-order valence-corrected chi connectivity index (χ1v) is 13.9. The minimum atomic E-state index is -0.389. The minimum absolute atomic E-state index is 0.0499. The van der Waals surface area contributed by atoms with E-state index in [9.17, 15) is 14.7 Å². The zero-order valence-corrected chi connectivity index (χ0v) is 22.0. The molecule has 0 bridgehead atoms. The number of fused-ring (bicyclic) bond motifs is 3. The van der Waals surface area contributed by atoms with E-state index in [4.69, 9.17) is 4.74 Å². The number of Topliss-reactive ketones (excluding diaryl/α,β-unsaturated/α-hetero) is 1. The third-order valence-corrected chi connectivity index (χ3v) is 9.89. The number of carbonyl (C=O) groups excluding carboxylic acids is 2. The topological polar surface area (TPSA) is 63.6 Å². The molecule has 0 saturated heterocycles. The predicted molar refractivity (Wildman–Crippen MR) is 140 cm³/mol. The van der Waals surface area contributed by atoms with E-state index in [1.54, 1.807) is 5.57 Å². The summed E-state index contributed by atoms with van der Waals surface area (Å²) in [6, 6.07) is 0. The van der Waals surface area contributed by atoms with E-state index in [1.807, 2.05) is 6.08 Å². The lowest BCUT2D eigenvalue weighted by Crippen LogP contribution is -2.45. The number of ether oxygens (including phenoxy) is 1. The van der Waals surface area contributed by atoms with Crippen molar-refractivity contribution in [2.75, 3.05) is 6.61 Å². The lowest BCUT2D eigenvalue weighted by Gasteiger charge is -2.52. The van der Waals surface area contributed by atoms with Crippen LogP contribution in [-0.2, 0) is 14.3 Å². The highest BCUT2D eigenvalue weighted by atomic mass is 16.5. The summed E-state index contributed by atoms with van der Waals surface area (Å²) in [7, 11) is 0. The predicted octanol–water partition coefficient (Wildman–Crippen LogP) is 7.57. The monoisotopic (exact) mass is 480 g/mol. The normalized spacial score (nSPS) is 34.9. The van der Waals surface area contributed by atoms with Gasteiger partial charge in [-0.25, -0.2) is 0 Å². The molecule has 4 rings (SSSR count). The zero-order chi connectivity index (χ0) is 25.2. The average Bonchev–Trinajstić information content (AvgIpc) is 3.14. The van der Waals surface area contributed by atoms with Crippen LogP contribution in [0.3, 0.4) is 0 Å². The van der Waals surface area contributed by atoms with Crippen LogP contribution in [0.5, 0.6) is 0 Å². The van der Waals surface area contributed by atoms with Gasteiger partial charge in [0.15, 0.2) is 5.78 Å². The number of rotatable bonds is 9. The summed E-state index contributed by atoms with van der Waals surface area (Å²) >= 11 is 0. The van der Waals surface area contributed by atoms with Gasteiger partial charge in [-0.15, -0.1) is 0 Å². The Morgan fingerprint density at radius 3 is 2.60 bits per heavy atom. The Bertz CT molecular complexity index is 947. The molecule has 5 atom stereocenters. The van der Waals surface area contributed by atoms with Crippen LogP contribution in [0.2, 0.25) is 0 Å². The molecule has 0 heterocycles. The van der Waals surface area contributed by atoms with Crippen LogP contribution in [0.1, 0.15) is 97.8 Å². The molecule has 0 aromatic carbocycles. The molecule has 3 saturated carbocycles. The standard InChI is InChI=1S/C31H44O4/c1-5-8-22-11-12-23-24-13-14-26(31(24,4)19-17-25(23)30(22,3)18-6-2)28(33)20-35-29(34)16-15-27(32)21-9-7-10-21/h5,8,17,23-24,26,32H,1,6-7,9-16,18-20H2,2-4H3/b22-8-. The number of carbonyl (C=O) groups is 2. The molecule has 0 spiro atoms. The van der Waals surface area contributed by atoms with Crippen molar-refractivity contribution in [2.24, 2.45) is 28.6 Å². The second-order valence-electron chi connectivity index (χ2n) is 11.8. The summed E-state index contributed by atoms with van der Waals surface area (Å²) in [5, 5.41) is 10.0. The molecule has 4 aliphatic rings. The smallest absolute Gasteiger partial charge is 0.306 e. The van der Waals surface area contributed by atoms with E-state index in [2.05, 4.69) is 39.5 Å². The molecule has 1 N–H and O–H groups in total. The van der Waals surface area contributed by atoms with Gasteiger partial charge in [-0.05, 0) is 80.6 Å². The Kier molecular flexibility index (Phi) is 7.78. The Balaban J connectivity index is 1.41. The largest absolute Gasteiger partial charge is 0.512 e. The summed E-state index contributed by atoms with van der Waals surface area (Å²) in [4.78, 5) is 25.5. The SMILES string of the molecule is C=C/C=C1/CCC2C(=CCC3(C)C(C(=O)COC(=O)CCC(O)=C4CCC4)CCC23)C1(C)CCC. The fraction of sp³-hybridized carbons (Fsp3) is 0.677. The molecule has 5 unspecified atom stereocenters. The molecular formula is C31H44O4. The minimum Gasteiger partial charge on any atom is -0.512 e. The van der Waals surface area contributed by atoms with Crippen LogP contribution in [0.25, 0.3) is 0 Å². The van der Waals surface area contributed by atoms with Gasteiger partial charge in [-0.1, -0.05) is 63.1 Å². The Labute approximate surface area is 211 Å². The quantitative estimate of drug-likeness (QED) is 0.210. The van der Waals surface area contributed by atoms with Crippen molar-refractivity contribution in [1.29, 1.82) is 0 Å². The molecular weight excluding hydrogens is 436 g/mol. The van der Waals surface area contributed by atoms with E-state index in [0.29, 0.717) is 24.0 Å². The highest BCUT2D eigenvalue weighted by molar-refractivity contribution is 5.85. The summed E-state index contributed by atoms with van der Waals surface area (Å²) in [5.41, 5.74) is 4.22. The maximum atomic E-state index is 13.3. The molecule has 0 radical (unpaired) electrons. The van der Waals surface area contributed by atoms with Crippen LogP contribution in [0.4, 0.5) is 0 Å². The Morgan fingerprint density at radius 1 is 1.17 bits per heavy atom. The number of aliphatic hydroxyl groups excluding tert-OH is 1. The van der Waals surface area contributed by atoms with Gasteiger partial charge in [-0.2, -0.15) is 0 Å². The van der Waals surface area contributed by atoms with Gasteiger partial charge < -0.3 is 9.84 Å². The van der Waals surface area contributed by atoms with E-state index >= 15 is 0 Å². The van der Waals surface area contributed by atoms with E-state index in [0.717, 1.165) is 69.8 Å². The number of ketones is 1. The van der Waals surface area contributed by atoms with Crippen LogP contribution in [0.15, 0.2) is 47.3 Å².